The minimum absolute atomic E-state index is 0.184. The first-order chi connectivity index (χ1) is 15.9. The number of aromatic nitrogens is 2. The van der Waals surface area contributed by atoms with E-state index in [9.17, 15) is 13.2 Å². The van der Waals surface area contributed by atoms with Crippen LogP contribution in [0.25, 0.3) is 0 Å². The summed E-state index contributed by atoms with van der Waals surface area (Å²) in [5.74, 6) is 1.01. The lowest BCUT2D eigenvalue weighted by Crippen LogP contribution is -2.49. The molecule has 1 saturated heterocycles. The van der Waals surface area contributed by atoms with Crippen molar-refractivity contribution < 1.29 is 17.9 Å². The third-order valence-electron chi connectivity index (χ3n) is 5.24. The molecule has 33 heavy (non-hydrogen) atoms. The normalized spacial score (nSPS) is 14.7. The van der Waals surface area contributed by atoms with Gasteiger partial charge in [-0.3, -0.25) is 4.79 Å². The molecule has 0 bridgehead atoms. The SMILES string of the molecule is COc1ccc(C(=O)Nc2ccc(S(=O)(=O)N3CCN(c4ncccn4)CC3)cc2)cc1I. The van der Waals surface area contributed by atoms with Crippen LogP contribution in [0.5, 0.6) is 5.75 Å². The highest BCUT2D eigenvalue weighted by atomic mass is 127. The van der Waals surface area contributed by atoms with Gasteiger partial charge in [-0.15, -0.1) is 0 Å². The van der Waals surface area contributed by atoms with E-state index in [4.69, 9.17) is 4.74 Å². The number of amides is 1. The molecule has 0 unspecified atom stereocenters. The standard InChI is InChI=1S/C22H22IN5O4S/c1-32-20-8-3-16(15-19(20)23)21(29)26-17-4-6-18(7-5-17)33(30,31)28-13-11-27(12-14-28)22-24-9-2-10-25-22/h2-10,15H,11-14H2,1H3,(H,26,29). The predicted octanol–water partition coefficient (Wildman–Crippen LogP) is 2.85. The van der Waals surface area contributed by atoms with Crippen molar-refractivity contribution in [2.24, 2.45) is 0 Å². The molecule has 0 radical (unpaired) electrons. The monoisotopic (exact) mass is 579 g/mol. The van der Waals surface area contributed by atoms with E-state index in [0.717, 1.165) is 3.57 Å². The number of benzene rings is 2. The average Bonchev–Trinajstić information content (AvgIpc) is 2.85. The molecule has 1 fully saturated rings. The van der Waals surface area contributed by atoms with E-state index >= 15 is 0 Å². The van der Waals surface area contributed by atoms with Gasteiger partial charge in [-0.25, -0.2) is 18.4 Å². The molecule has 1 aliphatic rings. The van der Waals surface area contributed by atoms with E-state index < -0.39 is 10.0 Å². The molecule has 2 heterocycles. The summed E-state index contributed by atoms with van der Waals surface area (Å²) in [6.45, 7) is 1.71. The van der Waals surface area contributed by atoms with E-state index in [1.165, 1.54) is 16.4 Å². The molecule has 2 aromatic carbocycles. The molecule has 1 amide bonds. The van der Waals surface area contributed by atoms with E-state index in [1.54, 1.807) is 55.9 Å². The van der Waals surface area contributed by atoms with Crippen LogP contribution >= 0.6 is 22.6 Å². The number of hydrogen-bond donors (Lipinski definition) is 1. The average molecular weight is 579 g/mol. The number of methoxy groups -OCH3 is 1. The van der Waals surface area contributed by atoms with Crippen molar-refractivity contribution >= 4 is 50.2 Å². The highest BCUT2D eigenvalue weighted by Gasteiger charge is 2.29. The Kier molecular flexibility index (Phi) is 7.10. The maximum absolute atomic E-state index is 13.1. The van der Waals surface area contributed by atoms with Crippen molar-refractivity contribution in [2.75, 3.05) is 43.5 Å². The van der Waals surface area contributed by atoms with Gasteiger partial charge < -0.3 is 15.0 Å². The largest absolute Gasteiger partial charge is 0.496 e. The minimum atomic E-state index is -3.64. The first-order valence-corrected chi connectivity index (χ1v) is 12.7. The first-order valence-electron chi connectivity index (χ1n) is 10.2. The molecular weight excluding hydrogens is 557 g/mol. The zero-order chi connectivity index (χ0) is 23.4. The number of ether oxygens (including phenoxy) is 1. The maximum Gasteiger partial charge on any atom is 0.255 e. The smallest absolute Gasteiger partial charge is 0.255 e. The van der Waals surface area contributed by atoms with Crippen molar-refractivity contribution in [3.8, 4) is 5.75 Å². The topological polar surface area (TPSA) is 105 Å². The molecule has 0 saturated carbocycles. The molecule has 172 valence electrons. The van der Waals surface area contributed by atoms with Crippen molar-refractivity contribution in [2.45, 2.75) is 4.90 Å². The van der Waals surface area contributed by atoms with E-state index in [-0.39, 0.29) is 10.8 Å². The lowest BCUT2D eigenvalue weighted by atomic mass is 10.2. The minimum Gasteiger partial charge on any atom is -0.496 e. The van der Waals surface area contributed by atoms with E-state index in [0.29, 0.717) is 49.1 Å². The molecule has 0 aliphatic carbocycles. The van der Waals surface area contributed by atoms with Gasteiger partial charge in [0, 0.05) is 49.8 Å². The quantitative estimate of drug-likeness (QED) is 0.448. The number of sulfonamides is 1. The Balaban J connectivity index is 1.40. The van der Waals surface area contributed by atoms with Crippen LogP contribution in [-0.4, -0.2) is 61.9 Å². The fourth-order valence-electron chi connectivity index (χ4n) is 3.45. The molecule has 1 aromatic heterocycles. The Labute approximate surface area is 206 Å². The fraction of sp³-hybridized carbons (Fsp3) is 0.227. The molecular formula is C22H22IN5O4S. The Bertz CT molecular complexity index is 1230. The van der Waals surface area contributed by atoms with Crippen molar-refractivity contribution in [3.63, 3.8) is 0 Å². The Morgan fingerprint density at radius 3 is 2.30 bits per heavy atom. The summed E-state index contributed by atoms with van der Waals surface area (Å²) in [5, 5.41) is 2.79. The summed E-state index contributed by atoms with van der Waals surface area (Å²) in [5.41, 5.74) is 0.994. The number of nitrogens with one attached hydrogen (secondary N) is 1. The molecule has 4 rings (SSSR count). The number of carbonyl (C=O) groups excluding carboxylic acids is 1. The van der Waals surface area contributed by atoms with Crippen LogP contribution in [0.1, 0.15) is 10.4 Å². The summed E-state index contributed by atoms with van der Waals surface area (Å²) < 4.78 is 33.6. The van der Waals surface area contributed by atoms with Crippen LogP contribution < -0.4 is 15.0 Å². The van der Waals surface area contributed by atoms with Gasteiger partial charge in [0.1, 0.15) is 5.75 Å². The molecule has 0 atom stereocenters. The highest BCUT2D eigenvalue weighted by molar-refractivity contribution is 14.1. The Morgan fingerprint density at radius 1 is 1.03 bits per heavy atom. The number of halogens is 1. The second kappa shape index (κ2) is 10.0. The van der Waals surface area contributed by atoms with Gasteiger partial charge in [0.05, 0.1) is 15.6 Å². The molecule has 3 aromatic rings. The van der Waals surface area contributed by atoms with Crippen LogP contribution in [0.3, 0.4) is 0 Å². The summed E-state index contributed by atoms with van der Waals surface area (Å²) in [6.07, 6.45) is 3.34. The summed E-state index contributed by atoms with van der Waals surface area (Å²) >= 11 is 2.10. The summed E-state index contributed by atoms with van der Waals surface area (Å²) in [6, 6.07) is 13.1. The van der Waals surface area contributed by atoms with Crippen molar-refractivity contribution in [3.05, 3.63) is 70.1 Å². The van der Waals surface area contributed by atoms with Gasteiger partial charge in [0.15, 0.2) is 0 Å². The van der Waals surface area contributed by atoms with Crippen LogP contribution in [0.2, 0.25) is 0 Å². The Hall–Kier alpha value is -2.77. The number of piperazine rings is 1. The van der Waals surface area contributed by atoms with Gasteiger partial charge in [-0.1, -0.05) is 0 Å². The highest BCUT2D eigenvalue weighted by Crippen LogP contribution is 2.24. The molecule has 1 N–H and O–H groups in total. The number of carbonyl (C=O) groups is 1. The van der Waals surface area contributed by atoms with E-state index in [1.807, 2.05) is 4.90 Å². The third kappa shape index (κ3) is 5.25. The lowest BCUT2D eigenvalue weighted by Gasteiger charge is -2.33. The molecule has 9 nitrogen and oxygen atoms in total. The summed E-state index contributed by atoms with van der Waals surface area (Å²) in [4.78, 5) is 23.1. The van der Waals surface area contributed by atoms with Crippen LogP contribution in [0, 0.1) is 3.57 Å². The summed E-state index contributed by atoms with van der Waals surface area (Å²) in [7, 11) is -2.07. The number of rotatable bonds is 6. The van der Waals surface area contributed by atoms with E-state index in [2.05, 4.69) is 37.9 Å². The first kappa shape index (κ1) is 23.4. The second-order valence-electron chi connectivity index (χ2n) is 7.27. The van der Waals surface area contributed by atoms with Crippen LogP contribution in [-0.2, 0) is 10.0 Å². The zero-order valence-electron chi connectivity index (χ0n) is 17.8. The molecule has 1 aliphatic heterocycles. The van der Waals surface area contributed by atoms with Crippen LogP contribution in [0.15, 0.2) is 65.8 Å². The maximum atomic E-state index is 13.1. The predicted molar refractivity (Wildman–Crippen MR) is 133 cm³/mol. The second-order valence-corrected chi connectivity index (χ2v) is 10.4. The zero-order valence-corrected chi connectivity index (χ0v) is 20.8. The van der Waals surface area contributed by atoms with Gasteiger partial charge in [0.25, 0.3) is 5.91 Å². The van der Waals surface area contributed by atoms with Crippen LogP contribution in [0.4, 0.5) is 11.6 Å². The Morgan fingerprint density at radius 2 is 1.70 bits per heavy atom. The van der Waals surface area contributed by atoms with Gasteiger partial charge in [-0.2, -0.15) is 4.31 Å². The van der Waals surface area contributed by atoms with Gasteiger partial charge in [0.2, 0.25) is 16.0 Å². The number of anilines is 2. The van der Waals surface area contributed by atoms with Crippen molar-refractivity contribution in [1.29, 1.82) is 0 Å². The van der Waals surface area contributed by atoms with Gasteiger partial charge >= 0.3 is 0 Å². The lowest BCUT2D eigenvalue weighted by molar-refractivity contribution is 0.102. The third-order valence-corrected chi connectivity index (χ3v) is 7.99. The molecule has 11 heteroatoms. The van der Waals surface area contributed by atoms with Gasteiger partial charge in [-0.05, 0) is 71.1 Å². The number of hydrogen-bond acceptors (Lipinski definition) is 7. The van der Waals surface area contributed by atoms with Crippen molar-refractivity contribution in [1.82, 2.24) is 14.3 Å². The number of nitrogens with zero attached hydrogens (tertiary/aromatic N) is 4. The molecule has 0 spiro atoms. The fourth-order valence-corrected chi connectivity index (χ4v) is 5.61.